The van der Waals surface area contributed by atoms with Crippen LogP contribution in [0.4, 0.5) is 5.82 Å². The van der Waals surface area contributed by atoms with E-state index in [1.54, 1.807) is 0 Å². The van der Waals surface area contributed by atoms with Crippen LogP contribution in [0.2, 0.25) is 5.02 Å². The van der Waals surface area contributed by atoms with Crippen LogP contribution in [0.5, 0.6) is 0 Å². The smallest absolute Gasteiger partial charge is 0.156 e. The van der Waals surface area contributed by atoms with E-state index in [0.717, 1.165) is 17.1 Å². The van der Waals surface area contributed by atoms with Crippen molar-refractivity contribution in [2.75, 3.05) is 12.4 Å². The molecule has 0 fully saturated rings. The van der Waals surface area contributed by atoms with Crippen LogP contribution >= 0.6 is 11.6 Å². The molecule has 1 aromatic carbocycles. The first-order chi connectivity index (χ1) is 9.19. The first kappa shape index (κ1) is 13.8. The van der Waals surface area contributed by atoms with Crippen molar-refractivity contribution in [1.29, 1.82) is 0 Å². The first-order valence-electron chi connectivity index (χ1n) is 6.02. The second-order valence-electron chi connectivity index (χ2n) is 4.15. The lowest BCUT2D eigenvalue weighted by atomic mass is 10.2. The van der Waals surface area contributed by atoms with Gasteiger partial charge in [-0.25, -0.2) is 9.97 Å². The number of hydrogen-bond donors (Lipinski definition) is 1. The number of aryl methyl sites for hydroxylation is 1. The Bertz CT molecular complexity index is 560. The molecule has 0 aliphatic heterocycles. The fourth-order valence-electron chi connectivity index (χ4n) is 1.69. The predicted octanol–water partition coefficient (Wildman–Crippen LogP) is 3.20. The third-order valence-corrected chi connectivity index (χ3v) is 2.97. The summed E-state index contributed by atoms with van der Waals surface area (Å²) in [6, 6.07) is 9.51. The fraction of sp³-hybridized carbons (Fsp3) is 0.286. The molecule has 0 bridgehead atoms. The Kier molecular flexibility index (Phi) is 4.71. The molecule has 2 aromatic rings. The van der Waals surface area contributed by atoms with E-state index in [1.807, 2.05) is 44.3 Å². The molecule has 0 spiro atoms. The van der Waals surface area contributed by atoms with Crippen LogP contribution in [0.3, 0.4) is 0 Å². The van der Waals surface area contributed by atoms with Crippen molar-refractivity contribution in [3.05, 3.63) is 52.4 Å². The Balaban J connectivity index is 1.96. The van der Waals surface area contributed by atoms with E-state index in [2.05, 4.69) is 15.3 Å². The van der Waals surface area contributed by atoms with Crippen molar-refractivity contribution in [1.82, 2.24) is 9.97 Å². The minimum absolute atomic E-state index is 0.363. The third kappa shape index (κ3) is 3.91. The molecule has 100 valence electrons. The molecular formula is C14H16ClN3O. The summed E-state index contributed by atoms with van der Waals surface area (Å²) in [6.45, 7) is 2.74. The molecule has 0 amide bonds. The van der Waals surface area contributed by atoms with E-state index in [1.165, 1.54) is 0 Å². The van der Waals surface area contributed by atoms with E-state index >= 15 is 0 Å². The molecule has 0 aliphatic carbocycles. The van der Waals surface area contributed by atoms with Gasteiger partial charge < -0.3 is 10.1 Å². The van der Waals surface area contributed by atoms with Crippen LogP contribution in [0.1, 0.15) is 17.1 Å². The number of aromatic nitrogens is 2. The van der Waals surface area contributed by atoms with Crippen LogP contribution < -0.4 is 5.32 Å². The van der Waals surface area contributed by atoms with Gasteiger partial charge in [-0.05, 0) is 18.6 Å². The largest absolute Gasteiger partial charge is 0.373 e. The second kappa shape index (κ2) is 6.50. The summed E-state index contributed by atoms with van der Waals surface area (Å²) in [5.74, 6) is 1.46. The van der Waals surface area contributed by atoms with Crippen molar-refractivity contribution in [3.63, 3.8) is 0 Å². The van der Waals surface area contributed by atoms with Crippen LogP contribution in [0, 0.1) is 6.92 Å². The minimum atomic E-state index is 0.363. The zero-order valence-corrected chi connectivity index (χ0v) is 11.7. The quantitative estimate of drug-likeness (QED) is 0.912. The molecule has 5 heteroatoms. The Morgan fingerprint density at radius 2 is 2.00 bits per heavy atom. The molecule has 0 atom stereocenters. The molecule has 1 N–H and O–H groups in total. The van der Waals surface area contributed by atoms with Gasteiger partial charge in [0.05, 0.1) is 6.61 Å². The summed E-state index contributed by atoms with van der Waals surface area (Å²) in [5, 5.41) is 3.71. The number of hydrogen-bond acceptors (Lipinski definition) is 4. The van der Waals surface area contributed by atoms with E-state index in [0.29, 0.717) is 24.1 Å². The maximum absolute atomic E-state index is 6.06. The number of nitrogens with zero attached hydrogens (tertiary/aromatic N) is 2. The van der Waals surface area contributed by atoms with Crippen molar-refractivity contribution in [2.24, 2.45) is 0 Å². The molecule has 0 aliphatic rings. The van der Waals surface area contributed by atoms with Crippen LogP contribution in [0.15, 0.2) is 30.3 Å². The van der Waals surface area contributed by atoms with Gasteiger partial charge in [-0.2, -0.15) is 0 Å². The number of rotatable bonds is 5. The van der Waals surface area contributed by atoms with Crippen LogP contribution in [-0.2, 0) is 18.0 Å². The summed E-state index contributed by atoms with van der Waals surface area (Å²) in [5.41, 5.74) is 1.88. The number of nitrogens with one attached hydrogen (secondary N) is 1. The van der Waals surface area contributed by atoms with Gasteiger partial charge in [-0.1, -0.05) is 29.8 Å². The molecule has 2 rings (SSSR count). The van der Waals surface area contributed by atoms with Gasteiger partial charge in [0.2, 0.25) is 0 Å². The summed E-state index contributed by atoms with van der Waals surface area (Å²) in [4.78, 5) is 8.65. The maximum Gasteiger partial charge on any atom is 0.156 e. The fourth-order valence-corrected chi connectivity index (χ4v) is 1.88. The molecule has 19 heavy (non-hydrogen) atoms. The molecule has 0 saturated carbocycles. The summed E-state index contributed by atoms with van der Waals surface area (Å²) in [7, 11) is 1.83. The normalized spacial score (nSPS) is 10.5. The summed E-state index contributed by atoms with van der Waals surface area (Å²) < 4.78 is 5.60. The maximum atomic E-state index is 6.06. The first-order valence-corrected chi connectivity index (χ1v) is 6.40. The number of anilines is 1. The lowest BCUT2D eigenvalue weighted by molar-refractivity contribution is 0.102. The zero-order chi connectivity index (χ0) is 13.7. The highest BCUT2D eigenvalue weighted by Gasteiger charge is 2.03. The van der Waals surface area contributed by atoms with Gasteiger partial charge in [0.1, 0.15) is 12.4 Å². The van der Waals surface area contributed by atoms with E-state index in [9.17, 15) is 0 Å². The molecule has 4 nitrogen and oxygen atoms in total. The molecule has 1 aromatic heterocycles. The summed E-state index contributed by atoms with van der Waals surface area (Å²) in [6.07, 6.45) is 0. The average molecular weight is 278 g/mol. The molecule has 0 radical (unpaired) electrons. The lowest BCUT2D eigenvalue weighted by Gasteiger charge is -2.07. The van der Waals surface area contributed by atoms with Crippen molar-refractivity contribution >= 4 is 17.4 Å². The Hall–Kier alpha value is -1.65. The van der Waals surface area contributed by atoms with Gasteiger partial charge in [-0.3, -0.25) is 0 Å². The predicted molar refractivity (Wildman–Crippen MR) is 76.3 cm³/mol. The lowest BCUT2D eigenvalue weighted by Crippen LogP contribution is -2.04. The standard InChI is InChI=1S/C14H16ClN3O/c1-10-7-13(16-2)18-14(17-10)9-19-8-11-5-3-4-6-12(11)15/h3-7H,8-9H2,1-2H3,(H,16,17,18). The number of benzene rings is 1. The van der Waals surface area contributed by atoms with Gasteiger partial charge in [0.15, 0.2) is 5.82 Å². The molecule has 1 heterocycles. The van der Waals surface area contributed by atoms with Gasteiger partial charge >= 0.3 is 0 Å². The molecular weight excluding hydrogens is 262 g/mol. The Morgan fingerprint density at radius 3 is 2.74 bits per heavy atom. The highest BCUT2D eigenvalue weighted by Crippen LogP contribution is 2.16. The van der Waals surface area contributed by atoms with Gasteiger partial charge in [0.25, 0.3) is 0 Å². The van der Waals surface area contributed by atoms with Crippen molar-refractivity contribution < 1.29 is 4.74 Å². The highest BCUT2D eigenvalue weighted by molar-refractivity contribution is 6.31. The van der Waals surface area contributed by atoms with Crippen LogP contribution in [0.25, 0.3) is 0 Å². The highest BCUT2D eigenvalue weighted by atomic mass is 35.5. The topological polar surface area (TPSA) is 47.0 Å². The second-order valence-corrected chi connectivity index (χ2v) is 4.55. The SMILES string of the molecule is CNc1cc(C)nc(COCc2ccccc2Cl)n1. The zero-order valence-electron chi connectivity index (χ0n) is 11.0. The monoisotopic (exact) mass is 277 g/mol. The number of halogens is 1. The molecule has 0 unspecified atom stereocenters. The van der Waals surface area contributed by atoms with E-state index in [-0.39, 0.29) is 0 Å². The minimum Gasteiger partial charge on any atom is -0.373 e. The Labute approximate surface area is 117 Å². The van der Waals surface area contributed by atoms with Crippen molar-refractivity contribution in [2.45, 2.75) is 20.1 Å². The van der Waals surface area contributed by atoms with E-state index in [4.69, 9.17) is 16.3 Å². The summed E-state index contributed by atoms with van der Waals surface area (Å²) >= 11 is 6.06. The van der Waals surface area contributed by atoms with Gasteiger partial charge in [0, 0.05) is 23.8 Å². The number of ether oxygens (including phenoxy) is 1. The van der Waals surface area contributed by atoms with Gasteiger partial charge in [-0.15, -0.1) is 0 Å². The Morgan fingerprint density at radius 1 is 1.21 bits per heavy atom. The average Bonchev–Trinajstić information content (AvgIpc) is 2.40. The van der Waals surface area contributed by atoms with Crippen LogP contribution in [-0.4, -0.2) is 17.0 Å². The van der Waals surface area contributed by atoms with E-state index < -0.39 is 0 Å². The third-order valence-electron chi connectivity index (χ3n) is 2.60. The molecule has 0 saturated heterocycles. The van der Waals surface area contributed by atoms with Crippen molar-refractivity contribution in [3.8, 4) is 0 Å².